The van der Waals surface area contributed by atoms with Crippen molar-refractivity contribution in [1.82, 2.24) is 10.6 Å². The minimum absolute atomic E-state index is 0.0401. The molecule has 0 saturated carbocycles. The fourth-order valence-electron chi connectivity index (χ4n) is 3.22. The molecule has 0 fully saturated rings. The van der Waals surface area contributed by atoms with Gasteiger partial charge in [-0.05, 0) is 42.7 Å². The molecule has 2 aromatic rings. The number of hydrogen-bond acceptors (Lipinski definition) is 3. The first-order chi connectivity index (χ1) is 14.9. The molecule has 0 atom stereocenters. The molecule has 31 heavy (non-hydrogen) atoms. The Bertz CT molecular complexity index is 914. The van der Waals surface area contributed by atoms with Crippen LogP contribution >= 0.6 is 0 Å². The van der Waals surface area contributed by atoms with E-state index in [1.807, 2.05) is 31.2 Å². The van der Waals surface area contributed by atoms with Gasteiger partial charge in [-0.3, -0.25) is 4.79 Å². The summed E-state index contributed by atoms with van der Waals surface area (Å²) in [5, 5.41) is 6.13. The van der Waals surface area contributed by atoms with Crippen molar-refractivity contribution in [2.45, 2.75) is 26.1 Å². The lowest BCUT2D eigenvalue weighted by molar-refractivity contribution is -0.153. The van der Waals surface area contributed by atoms with Crippen LogP contribution in [0.3, 0.4) is 0 Å². The van der Waals surface area contributed by atoms with E-state index in [9.17, 15) is 18.0 Å². The quantitative estimate of drug-likeness (QED) is 0.519. The molecule has 6 nitrogen and oxygen atoms in total. The summed E-state index contributed by atoms with van der Waals surface area (Å²) in [5.41, 5.74) is 2.92. The lowest BCUT2D eigenvalue weighted by atomic mass is 10.2. The van der Waals surface area contributed by atoms with Crippen LogP contribution in [0.15, 0.2) is 53.5 Å². The molecule has 1 amide bonds. The zero-order valence-electron chi connectivity index (χ0n) is 17.2. The Hall–Kier alpha value is -3.23. The first-order valence-corrected chi connectivity index (χ1v) is 10.0. The Morgan fingerprint density at radius 2 is 1.87 bits per heavy atom. The summed E-state index contributed by atoms with van der Waals surface area (Å²) < 4.78 is 41.4. The number of carbonyl (C=O) groups is 1. The molecule has 0 spiro atoms. The van der Waals surface area contributed by atoms with Gasteiger partial charge in [-0.2, -0.15) is 13.2 Å². The predicted octanol–water partition coefficient (Wildman–Crippen LogP) is 3.27. The maximum absolute atomic E-state index is 12.6. The summed E-state index contributed by atoms with van der Waals surface area (Å²) in [6.45, 7) is 2.28. The molecule has 9 heteroatoms. The van der Waals surface area contributed by atoms with Crippen LogP contribution in [-0.2, 0) is 17.8 Å². The molecule has 1 heterocycles. The first kappa shape index (κ1) is 22.5. The fourth-order valence-corrected chi connectivity index (χ4v) is 3.22. The SMILES string of the molecule is CCNC(=NCc1ccc(OCC(F)(F)F)cc1)NCC(=O)N1CCc2ccccc21. The highest BCUT2D eigenvalue weighted by Gasteiger charge is 2.28. The summed E-state index contributed by atoms with van der Waals surface area (Å²) in [6, 6.07) is 14.1. The van der Waals surface area contributed by atoms with Gasteiger partial charge in [0.1, 0.15) is 5.75 Å². The third kappa shape index (κ3) is 6.63. The molecule has 166 valence electrons. The van der Waals surface area contributed by atoms with E-state index in [2.05, 4.69) is 15.6 Å². The maximum atomic E-state index is 12.6. The van der Waals surface area contributed by atoms with Crippen molar-refractivity contribution in [2.24, 2.45) is 4.99 Å². The van der Waals surface area contributed by atoms with Gasteiger partial charge in [0.05, 0.1) is 13.1 Å². The molecule has 3 rings (SSSR count). The number of para-hydroxylation sites is 1. The van der Waals surface area contributed by atoms with Crippen molar-refractivity contribution in [1.29, 1.82) is 0 Å². The van der Waals surface area contributed by atoms with Crippen LogP contribution < -0.4 is 20.3 Å². The van der Waals surface area contributed by atoms with Gasteiger partial charge in [-0.15, -0.1) is 0 Å². The number of rotatable bonds is 7. The molecule has 1 aliphatic heterocycles. The number of guanidine groups is 1. The summed E-state index contributed by atoms with van der Waals surface area (Å²) in [4.78, 5) is 18.9. The maximum Gasteiger partial charge on any atom is 0.422 e. The van der Waals surface area contributed by atoms with Crippen LogP contribution in [0.25, 0.3) is 0 Å². The third-order valence-electron chi connectivity index (χ3n) is 4.69. The first-order valence-electron chi connectivity index (χ1n) is 10.0. The number of fused-ring (bicyclic) bond motifs is 1. The van der Waals surface area contributed by atoms with Gasteiger partial charge in [0.2, 0.25) is 5.91 Å². The zero-order valence-corrected chi connectivity index (χ0v) is 17.2. The normalized spacial score (nSPS) is 13.7. The number of hydrogen-bond donors (Lipinski definition) is 2. The second-order valence-corrected chi connectivity index (χ2v) is 7.02. The molecule has 2 N–H and O–H groups in total. The summed E-state index contributed by atoms with van der Waals surface area (Å²) >= 11 is 0. The van der Waals surface area contributed by atoms with Gasteiger partial charge < -0.3 is 20.3 Å². The van der Waals surface area contributed by atoms with Crippen LogP contribution in [-0.4, -0.2) is 44.3 Å². The highest BCUT2D eigenvalue weighted by molar-refractivity contribution is 5.98. The van der Waals surface area contributed by atoms with Gasteiger partial charge in [-0.1, -0.05) is 30.3 Å². The van der Waals surface area contributed by atoms with Crippen molar-refractivity contribution in [3.8, 4) is 5.75 Å². The van der Waals surface area contributed by atoms with Crippen LogP contribution in [0.1, 0.15) is 18.1 Å². The van der Waals surface area contributed by atoms with Crippen molar-refractivity contribution in [3.05, 3.63) is 59.7 Å². The summed E-state index contributed by atoms with van der Waals surface area (Å²) in [7, 11) is 0. The van der Waals surface area contributed by atoms with Crippen LogP contribution in [0, 0.1) is 0 Å². The fraction of sp³-hybridized carbons (Fsp3) is 0.364. The van der Waals surface area contributed by atoms with E-state index in [1.54, 1.807) is 17.0 Å². The Labute approximate surface area is 179 Å². The van der Waals surface area contributed by atoms with Crippen molar-refractivity contribution in [3.63, 3.8) is 0 Å². The number of nitrogens with zero attached hydrogens (tertiary/aromatic N) is 2. The number of ether oxygens (including phenoxy) is 1. The monoisotopic (exact) mass is 434 g/mol. The molecule has 0 bridgehead atoms. The van der Waals surface area contributed by atoms with Gasteiger partial charge in [0.25, 0.3) is 0 Å². The highest BCUT2D eigenvalue weighted by atomic mass is 19.4. The second-order valence-electron chi connectivity index (χ2n) is 7.02. The number of aliphatic imine (C=N–C) groups is 1. The number of nitrogens with one attached hydrogen (secondary N) is 2. The Kier molecular flexibility index (Phi) is 7.38. The summed E-state index contributed by atoms with van der Waals surface area (Å²) in [6.07, 6.45) is -3.53. The van der Waals surface area contributed by atoms with Gasteiger partial charge in [0.15, 0.2) is 12.6 Å². The van der Waals surface area contributed by atoms with Gasteiger partial charge >= 0.3 is 6.18 Å². The molecule has 2 aromatic carbocycles. The van der Waals surface area contributed by atoms with Crippen molar-refractivity contribution >= 4 is 17.6 Å². The van der Waals surface area contributed by atoms with E-state index >= 15 is 0 Å². The number of halogens is 3. The highest BCUT2D eigenvalue weighted by Crippen LogP contribution is 2.27. The lowest BCUT2D eigenvalue weighted by Crippen LogP contribution is -2.44. The second kappa shape index (κ2) is 10.2. The minimum atomic E-state index is -4.37. The van der Waals surface area contributed by atoms with Gasteiger partial charge in [-0.25, -0.2) is 4.99 Å². The molecular formula is C22H25F3N4O2. The van der Waals surface area contributed by atoms with Crippen LogP contribution in [0.4, 0.5) is 18.9 Å². The largest absolute Gasteiger partial charge is 0.484 e. The smallest absolute Gasteiger partial charge is 0.422 e. The number of carbonyl (C=O) groups excluding carboxylic acids is 1. The number of alkyl halides is 3. The Morgan fingerprint density at radius 3 is 2.58 bits per heavy atom. The molecule has 0 aliphatic carbocycles. The van der Waals surface area contributed by atoms with E-state index in [0.29, 0.717) is 25.6 Å². The van der Waals surface area contributed by atoms with E-state index < -0.39 is 12.8 Å². The van der Waals surface area contributed by atoms with Crippen molar-refractivity contribution < 1.29 is 22.7 Å². The number of anilines is 1. The molecule has 0 radical (unpaired) electrons. The number of amides is 1. The van der Waals surface area contributed by atoms with E-state index in [0.717, 1.165) is 17.7 Å². The van der Waals surface area contributed by atoms with E-state index in [-0.39, 0.29) is 18.2 Å². The third-order valence-corrected chi connectivity index (χ3v) is 4.69. The van der Waals surface area contributed by atoms with Crippen LogP contribution in [0.5, 0.6) is 5.75 Å². The topological polar surface area (TPSA) is 66.0 Å². The summed E-state index contributed by atoms with van der Waals surface area (Å²) in [5.74, 6) is 0.592. The Balaban J connectivity index is 1.54. The minimum Gasteiger partial charge on any atom is -0.484 e. The molecule has 0 unspecified atom stereocenters. The van der Waals surface area contributed by atoms with E-state index in [4.69, 9.17) is 4.74 Å². The van der Waals surface area contributed by atoms with Gasteiger partial charge in [0, 0.05) is 18.8 Å². The average Bonchev–Trinajstić information content (AvgIpc) is 3.18. The molecule has 1 aliphatic rings. The molecule has 0 saturated heterocycles. The molecule has 0 aromatic heterocycles. The lowest BCUT2D eigenvalue weighted by Gasteiger charge is -2.18. The average molecular weight is 434 g/mol. The van der Waals surface area contributed by atoms with E-state index in [1.165, 1.54) is 17.7 Å². The predicted molar refractivity (Wildman–Crippen MR) is 113 cm³/mol. The number of benzene rings is 2. The zero-order chi connectivity index (χ0) is 22.3. The Morgan fingerprint density at radius 1 is 1.13 bits per heavy atom. The van der Waals surface area contributed by atoms with Crippen molar-refractivity contribution in [2.75, 3.05) is 31.1 Å². The molecular weight excluding hydrogens is 409 g/mol. The van der Waals surface area contributed by atoms with Crippen LogP contribution in [0.2, 0.25) is 0 Å². The standard InChI is InChI=1S/C22H25F3N4O2/c1-2-26-21(27-13-16-7-9-18(10-8-16)31-15-22(23,24)25)28-14-20(30)29-12-11-17-5-3-4-6-19(17)29/h3-10H,2,11-15H2,1H3,(H2,26,27,28).